The van der Waals surface area contributed by atoms with Crippen LogP contribution in [-0.2, 0) is 0 Å². The summed E-state index contributed by atoms with van der Waals surface area (Å²) in [6, 6.07) is 5.59. The summed E-state index contributed by atoms with van der Waals surface area (Å²) >= 11 is 0. The molecule has 2 aromatic rings. The van der Waals surface area contributed by atoms with Gasteiger partial charge >= 0.3 is 0 Å². The first kappa shape index (κ1) is 14.1. The standard InChI is InChI=1S/C15H20N4O/c1-9(2)19-8-12(16)7-14(19)15(20)18-13-6-5-10(3)17-11(13)4/h5-9H,16H2,1-4H3,(H,18,20). The summed E-state index contributed by atoms with van der Waals surface area (Å²) in [5, 5.41) is 2.88. The maximum atomic E-state index is 12.4. The monoisotopic (exact) mass is 272 g/mol. The Morgan fingerprint density at radius 3 is 2.65 bits per heavy atom. The van der Waals surface area contributed by atoms with Gasteiger partial charge in [-0.25, -0.2) is 0 Å². The number of carbonyl (C=O) groups excluding carboxylic acids is 1. The van der Waals surface area contributed by atoms with E-state index in [4.69, 9.17) is 5.73 Å². The van der Waals surface area contributed by atoms with Crippen LogP contribution < -0.4 is 11.1 Å². The molecule has 2 rings (SSSR count). The molecule has 0 fully saturated rings. The summed E-state index contributed by atoms with van der Waals surface area (Å²) in [6.07, 6.45) is 1.78. The molecule has 5 heteroatoms. The minimum absolute atomic E-state index is 0.172. The van der Waals surface area contributed by atoms with Crippen LogP contribution in [0.15, 0.2) is 24.4 Å². The quantitative estimate of drug-likeness (QED) is 0.902. The number of nitrogen functional groups attached to an aromatic ring is 1. The van der Waals surface area contributed by atoms with E-state index in [1.807, 2.05) is 44.4 Å². The van der Waals surface area contributed by atoms with Gasteiger partial charge in [-0.1, -0.05) is 0 Å². The summed E-state index contributed by atoms with van der Waals surface area (Å²) in [5.74, 6) is -0.177. The Labute approximate surface area is 118 Å². The van der Waals surface area contributed by atoms with E-state index in [9.17, 15) is 4.79 Å². The molecule has 0 unspecified atom stereocenters. The largest absolute Gasteiger partial charge is 0.397 e. The summed E-state index contributed by atoms with van der Waals surface area (Å²) in [4.78, 5) is 16.7. The molecule has 20 heavy (non-hydrogen) atoms. The minimum Gasteiger partial charge on any atom is -0.397 e. The van der Waals surface area contributed by atoms with Crippen molar-refractivity contribution in [3.63, 3.8) is 0 Å². The highest BCUT2D eigenvalue weighted by molar-refractivity contribution is 6.04. The summed E-state index contributed by atoms with van der Waals surface area (Å²) in [5.41, 5.74) is 9.37. The number of carbonyl (C=O) groups is 1. The highest BCUT2D eigenvalue weighted by Gasteiger charge is 2.15. The third-order valence-corrected chi connectivity index (χ3v) is 3.13. The highest BCUT2D eigenvalue weighted by Crippen LogP contribution is 2.19. The Bertz CT molecular complexity index is 643. The lowest BCUT2D eigenvalue weighted by Crippen LogP contribution is -2.18. The second-order valence-electron chi connectivity index (χ2n) is 5.20. The maximum Gasteiger partial charge on any atom is 0.272 e. The molecule has 0 spiro atoms. The van der Waals surface area contributed by atoms with Crippen molar-refractivity contribution in [1.82, 2.24) is 9.55 Å². The molecule has 0 saturated carbocycles. The lowest BCUT2D eigenvalue weighted by Gasteiger charge is -2.13. The van der Waals surface area contributed by atoms with Gasteiger partial charge in [0.1, 0.15) is 5.69 Å². The van der Waals surface area contributed by atoms with Crippen LogP contribution in [0.3, 0.4) is 0 Å². The Morgan fingerprint density at radius 2 is 2.05 bits per heavy atom. The number of rotatable bonds is 3. The average Bonchev–Trinajstić information content (AvgIpc) is 2.75. The van der Waals surface area contributed by atoms with Crippen molar-refractivity contribution in [2.45, 2.75) is 33.7 Å². The first-order valence-corrected chi connectivity index (χ1v) is 6.61. The number of pyridine rings is 1. The van der Waals surface area contributed by atoms with Crippen LogP contribution in [0.1, 0.15) is 41.8 Å². The molecule has 0 radical (unpaired) electrons. The van der Waals surface area contributed by atoms with Crippen molar-refractivity contribution in [2.24, 2.45) is 0 Å². The smallest absolute Gasteiger partial charge is 0.272 e. The van der Waals surface area contributed by atoms with E-state index in [0.717, 1.165) is 17.1 Å². The van der Waals surface area contributed by atoms with Crippen LogP contribution >= 0.6 is 0 Å². The lowest BCUT2D eigenvalue weighted by atomic mass is 10.2. The topological polar surface area (TPSA) is 72.9 Å². The van der Waals surface area contributed by atoms with Gasteiger partial charge in [0.25, 0.3) is 5.91 Å². The fourth-order valence-corrected chi connectivity index (χ4v) is 2.11. The molecule has 0 aliphatic carbocycles. The first-order valence-electron chi connectivity index (χ1n) is 6.61. The number of anilines is 2. The van der Waals surface area contributed by atoms with E-state index >= 15 is 0 Å². The maximum absolute atomic E-state index is 12.4. The molecule has 2 aromatic heterocycles. The van der Waals surface area contributed by atoms with E-state index < -0.39 is 0 Å². The van der Waals surface area contributed by atoms with Crippen molar-refractivity contribution in [3.05, 3.63) is 41.5 Å². The molecule has 0 atom stereocenters. The lowest BCUT2D eigenvalue weighted by molar-refractivity contribution is 0.101. The highest BCUT2D eigenvalue weighted by atomic mass is 16.2. The third kappa shape index (κ3) is 2.82. The SMILES string of the molecule is Cc1ccc(NC(=O)c2cc(N)cn2C(C)C)c(C)n1. The predicted molar refractivity (Wildman–Crippen MR) is 80.9 cm³/mol. The van der Waals surface area contributed by atoms with Crippen molar-refractivity contribution in [2.75, 3.05) is 11.1 Å². The molecule has 5 nitrogen and oxygen atoms in total. The van der Waals surface area contributed by atoms with Gasteiger partial charge < -0.3 is 15.6 Å². The van der Waals surface area contributed by atoms with Crippen LogP contribution in [0.4, 0.5) is 11.4 Å². The minimum atomic E-state index is -0.177. The van der Waals surface area contributed by atoms with Gasteiger partial charge in [-0.3, -0.25) is 9.78 Å². The van der Waals surface area contributed by atoms with Gasteiger partial charge in [-0.2, -0.15) is 0 Å². The number of amides is 1. The molecule has 0 saturated heterocycles. The molecule has 3 N–H and O–H groups in total. The second kappa shape index (κ2) is 5.36. The number of nitrogens with zero attached hydrogens (tertiary/aromatic N) is 2. The summed E-state index contributed by atoms with van der Waals surface area (Å²) in [7, 11) is 0. The molecule has 0 aliphatic heterocycles. The van der Waals surface area contributed by atoms with Crippen molar-refractivity contribution in [1.29, 1.82) is 0 Å². The Morgan fingerprint density at radius 1 is 1.35 bits per heavy atom. The number of hydrogen-bond donors (Lipinski definition) is 2. The summed E-state index contributed by atoms with van der Waals surface area (Å²) in [6.45, 7) is 7.81. The van der Waals surface area contributed by atoms with Crippen LogP contribution in [-0.4, -0.2) is 15.5 Å². The van der Waals surface area contributed by atoms with Gasteiger partial charge in [0.2, 0.25) is 0 Å². The zero-order chi connectivity index (χ0) is 14.9. The first-order chi connectivity index (χ1) is 9.38. The molecule has 2 heterocycles. The van der Waals surface area contributed by atoms with Crippen molar-refractivity contribution >= 4 is 17.3 Å². The average molecular weight is 272 g/mol. The van der Waals surface area contributed by atoms with Crippen LogP contribution in [0.2, 0.25) is 0 Å². The zero-order valence-corrected chi connectivity index (χ0v) is 12.3. The number of nitrogens with two attached hydrogens (primary N) is 1. The van der Waals surface area contributed by atoms with E-state index in [1.54, 1.807) is 12.3 Å². The fraction of sp³-hybridized carbons (Fsp3) is 0.333. The van der Waals surface area contributed by atoms with Crippen molar-refractivity contribution < 1.29 is 4.79 Å². The van der Waals surface area contributed by atoms with Gasteiger partial charge in [0, 0.05) is 17.9 Å². The molecule has 1 amide bonds. The van der Waals surface area contributed by atoms with E-state index in [0.29, 0.717) is 11.4 Å². The molecule has 0 aliphatic rings. The van der Waals surface area contributed by atoms with Crippen molar-refractivity contribution in [3.8, 4) is 0 Å². The molecular weight excluding hydrogens is 252 g/mol. The normalized spacial score (nSPS) is 10.8. The molecule has 0 bridgehead atoms. The zero-order valence-electron chi connectivity index (χ0n) is 12.3. The summed E-state index contributed by atoms with van der Waals surface area (Å²) < 4.78 is 1.86. The van der Waals surface area contributed by atoms with E-state index in [1.165, 1.54) is 0 Å². The van der Waals surface area contributed by atoms with Crippen LogP contribution in [0, 0.1) is 13.8 Å². The number of nitrogens with one attached hydrogen (secondary N) is 1. The Balaban J connectivity index is 2.28. The third-order valence-electron chi connectivity index (χ3n) is 3.13. The second-order valence-corrected chi connectivity index (χ2v) is 5.20. The van der Waals surface area contributed by atoms with Gasteiger partial charge in [0.15, 0.2) is 0 Å². The number of hydrogen-bond acceptors (Lipinski definition) is 3. The Kier molecular flexibility index (Phi) is 3.79. The van der Waals surface area contributed by atoms with Crippen LogP contribution in [0.25, 0.3) is 0 Å². The molecule has 0 aromatic carbocycles. The van der Waals surface area contributed by atoms with E-state index in [-0.39, 0.29) is 11.9 Å². The number of aryl methyl sites for hydroxylation is 2. The fourth-order valence-electron chi connectivity index (χ4n) is 2.11. The Hall–Kier alpha value is -2.30. The van der Waals surface area contributed by atoms with Gasteiger partial charge in [0.05, 0.1) is 17.1 Å². The number of aromatic nitrogens is 2. The van der Waals surface area contributed by atoms with Gasteiger partial charge in [-0.15, -0.1) is 0 Å². The predicted octanol–water partition coefficient (Wildman–Crippen LogP) is 2.92. The molecular formula is C15H20N4O. The van der Waals surface area contributed by atoms with Gasteiger partial charge in [-0.05, 0) is 45.9 Å². The van der Waals surface area contributed by atoms with E-state index in [2.05, 4.69) is 10.3 Å². The van der Waals surface area contributed by atoms with Crippen LogP contribution in [0.5, 0.6) is 0 Å². The molecule has 106 valence electrons.